The number of likely N-dealkylation sites (tertiary alicyclic amines) is 1. The standard InChI is InChI=1S/C16H25BrN4S/c1-11-9-21(12-3-4-12)10-14(11)20-16(18-2)19-8-7-13-5-6-15(17)22-13/h5-6,11-12,14H,3-4,7-10H2,1-2H3,(H2,18,19,20). The number of nitrogens with one attached hydrogen (secondary N) is 2. The molecule has 1 saturated carbocycles. The predicted molar refractivity (Wildman–Crippen MR) is 97.8 cm³/mol. The maximum Gasteiger partial charge on any atom is 0.191 e. The van der Waals surface area contributed by atoms with E-state index in [1.54, 1.807) is 11.3 Å². The Labute approximate surface area is 145 Å². The molecule has 0 spiro atoms. The number of hydrogen-bond donors (Lipinski definition) is 2. The van der Waals surface area contributed by atoms with Crippen LogP contribution in [0.5, 0.6) is 0 Å². The number of hydrogen-bond acceptors (Lipinski definition) is 3. The molecule has 1 aromatic heterocycles. The van der Waals surface area contributed by atoms with Gasteiger partial charge in [0.05, 0.1) is 3.79 Å². The fourth-order valence-corrected chi connectivity index (χ4v) is 4.57. The minimum absolute atomic E-state index is 0.516. The topological polar surface area (TPSA) is 39.7 Å². The molecule has 122 valence electrons. The van der Waals surface area contributed by atoms with E-state index in [4.69, 9.17) is 0 Å². The Hall–Kier alpha value is -0.590. The van der Waals surface area contributed by atoms with Crippen LogP contribution < -0.4 is 10.6 Å². The molecule has 0 radical (unpaired) electrons. The first-order chi connectivity index (χ1) is 10.7. The summed E-state index contributed by atoms with van der Waals surface area (Å²) >= 11 is 5.31. The predicted octanol–water partition coefficient (Wildman–Crippen LogP) is 2.70. The van der Waals surface area contributed by atoms with E-state index in [2.05, 4.69) is 55.5 Å². The third-order valence-corrected chi connectivity index (χ3v) is 6.23. The van der Waals surface area contributed by atoms with Gasteiger partial charge in [-0.25, -0.2) is 0 Å². The lowest BCUT2D eigenvalue weighted by atomic mass is 10.1. The van der Waals surface area contributed by atoms with Crippen molar-refractivity contribution >= 4 is 33.2 Å². The molecule has 1 aliphatic carbocycles. The molecule has 3 rings (SSSR count). The fraction of sp³-hybridized carbons (Fsp3) is 0.688. The van der Waals surface area contributed by atoms with Crippen molar-refractivity contribution in [3.63, 3.8) is 0 Å². The van der Waals surface area contributed by atoms with Gasteiger partial charge in [-0.15, -0.1) is 11.3 Å². The van der Waals surface area contributed by atoms with Crippen LogP contribution in [-0.4, -0.2) is 49.6 Å². The highest BCUT2D eigenvalue weighted by Gasteiger charge is 2.38. The maximum absolute atomic E-state index is 4.38. The average Bonchev–Trinajstić information content (AvgIpc) is 3.18. The molecule has 1 aliphatic heterocycles. The van der Waals surface area contributed by atoms with Gasteiger partial charge < -0.3 is 10.6 Å². The van der Waals surface area contributed by atoms with E-state index < -0.39 is 0 Å². The van der Waals surface area contributed by atoms with Crippen molar-refractivity contribution in [1.82, 2.24) is 15.5 Å². The molecular formula is C16H25BrN4S. The van der Waals surface area contributed by atoms with E-state index in [0.29, 0.717) is 12.0 Å². The second-order valence-electron chi connectivity index (χ2n) is 6.37. The maximum atomic E-state index is 4.38. The van der Waals surface area contributed by atoms with Gasteiger partial charge in [-0.3, -0.25) is 9.89 Å². The molecule has 2 heterocycles. The monoisotopic (exact) mass is 384 g/mol. The molecule has 2 aliphatic rings. The summed E-state index contributed by atoms with van der Waals surface area (Å²) in [7, 11) is 1.86. The largest absolute Gasteiger partial charge is 0.356 e. The van der Waals surface area contributed by atoms with Gasteiger partial charge >= 0.3 is 0 Å². The number of rotatable bonds is 5. The molecular weight excluding hydrogens is 360 g/mol. The van der Waals surface area contributed by atoms with Gasteiger partial charge in [-0.2, -0.15) is 0 Å². The van der Waals surface area contributed by atoms with Crippen molar-refractivity contribution in [2.24, 2.45) is 10.9 Å². The molecule has 1 aromatic rings. The number of thiophene rings is 1. The van der Waals surface area contributed by atoms with Crippen LogP contribution in [0.3, 0.4) is 0 Å². The van der Waals surface area contributed by atoms with Gasteiger partial charge in [-0.05, 0) is 53.2 Å². The number of nitrogens with zero attached hydrogens (tertiary/aromatic N) is 2. The zero-order chi connectivity index (χ0) is 15.5. The summed E-state index contributed by atoms with van der Waals surface area (Å²) in [6.45, 7) is 5.64. The van der Waals surface area contributed by atoms with Crippen molar-refractivity contribution in [3.8, 4) is 0 Å². The number of aliphatic imine (C=N–C) groups is 1. The lowest BCUT2D eigenvalue weighted by Crippen LogP contribution is -2.47. The highest BCUT2D eigenvalue weighted by atomic mass is 79.9. The molecule has 1 saturated heterocycles. The normalized spacial score (nSPS) is 26.4. The van der Waals surface area contributed by atoms with E-state index >= 15 is 0 Å². The smallest absolute Gasteiger partial charge is 0.191 e. The van der Waals surface area contributed by atoms with Crippen molar-refractivity contribution in [2.75, 3.05) is 26.7 Å². The Morgan fingerprint density at radius 2 is 2.23 bits per heavy atom. The van der Waals surface area contributed by atoms with Crippen LogP contribution in [0.4, 0.5) is 0 Å². The lowest BCUT2D eigenvalue weighted by molar-refractivity contribution is 0.315. The van der Waals surface area contributed by atoms with Gasteiger partial charge in [0.1, 0.15) is 0 Å². The molecule has 0 amide bonds. The molecule has 2 N–H and O–H groups in total. The minimum atomic E-state index is 0.516. The van der Waals surface area contributed by atoms with Gasteiger partial charge in [0.2, 0.25) is 0 Å². The molecule has 6 heteroatoms. The minimum Gasteiger partial charge on any atom is -0.356 e. The van der Waals surface area contributed by atoms with Crippen LogP contribution in [0.2, 0.25) is 0 Å². The highest BCUT2D eigenvalue weighted by Crippen LogP contribution is 2.31. The van der Waals surface area contributed by atoms with Crippen molar-refractivity contribution in [2.45, 2.75) is 38.3 Å². The van der Waals surface area contributed by atoms with Crippen LogP contribution in [0, 0.1) is 5.92 Å². The molecule has 0 aromatic carbocycles. The molecule has 2 fully saturated rings. The Morgan fingerprint density at radius 1 is 1.41 bits per heavy atom. The van der Waals surface area contributed by atoms with Crippen LogP contribution in [0.15, 0.2) is 20.9 Å². The summed E-state index contributed by atoms with van der Waals surface area (Å²) in [5.41, 5.74) is 0. The average molecular weight is 385 g/mol. The van der Waals surface area contributed by atoms with E-state index in [-0.39, 0.29) is 0 Å². The van der Waals surface area contributed by atoms with E-state index in [1.807, 2.05) is 7.05 Å². The van der Waals surface area contributed by atoms with E-state index in [0.717, 1.165) is 31.5 Å². The summed E-state index contributed by atoms with van der Waals surface area (Å²) in [6, 6.07) is 5.67. The summed E-state index contributed by atoms with van der Waals surface area (Å²) < 4.78 is 1.20. The van der Waals surface area contributed by atoms with E-state index in [9.17, 15) is 0 Å². The molecule has 0 bridgehead atoms. The molecule has 4 nitrogen and oxygen atoms in total. The summed E-state index contributed by atoms with van der Waals surface area (Å²) in [4.78, 5) is 8.41. The first-order valence-electron chi connectivity index (χ1n) is 8.11. The third kappa shape index (κ3) is 4.24. The van der Waals surface area contributed by atoms with Gasteiger partial charge in [-0.1, -0.05) is 6.92 Å². The number of guanidine groups is 1. The summed E-state index contributed by atoms with van der Waals surface area (Å²) in [5, 5.41) is 7.06. The van der Waals surface area contributed by atoms with Gasteiger partial charge in [0, 0.05) is 43.6 Å². The quantitative estimate of drug-likeness (QED) is 0.605. The molecule has 22 heavy (non-hydrogen) atoms. The highest BCUT2D eigenvalue weighted by molar-refractivity contribution is 9.11. The number of halogens is 1. The molecule has 2 unspecified atom stereocenters. The zero-order valence-corrected chi connectivity index (χ0v) is 15.7. The van der Waals surface area contributed by atoms with Crippen LogP contribution in [-0.2, 0) is 6.42 Å². The van der Waals surface area contributed by atoms with E-state index in [1.165, 1.54) is 28.0 Å². The Balaban J connectivity index is 1.43. The van der Waals surface area contributed by atoms with Gasteiger partial charge in [0.15, 0.2) is 5.96 Å². The fourth-order valence-electron chi connectivity index (χ4n) is 3.09. The molecule has 2 atom stereocenters. The van der Waals surface area contributed by atoms with Crippen LogP contribution in [0.1, 0.15) is 24.6 Å². The first-order valence-corrected chi connectivity index (χ1v) is 9.72. The van der Waals surface area contributed by atoms with Gasteiger partial charge in [0.25, 0.3) is 0 Å². The lowest BCUT2D eigenvalue weighted by Gasteiger charge is -2.20. The van der Waals surface area contributed by atoms with Crippen molar-refractivity contribution < 1.29 is 0 Å². The second-order valence-corrected chi connectivity index (χ2v) is 8.92. The Kier molecular flexibility index (Phi) is 5.42. The Bertz CT molecular complexity index is 526. The SMILES string of the molecule is CN=C(NCCc1ccc(Br)s1)NC1CN(C2CC2)CC1C. The summed E-state index contributed by atoms with van der Waals surface area (Å²) in [6.07, 6.45) is 3.82. The van der Waals surface area contributed by atoms with Crippen molar-refractivity contribution in [1.29, 1.82) is 0 Å². The van der Waals surface area contributed by atoms with Crippen LogP contribution in [0.25, 0.3) is 0 Å². The van der Waals surface area contributed by atoms with Crippen LogP contribution >= 0.6 is 27.3 Å². The third-order valence-electron chi connectivity index (χ3n) is 4.54. The first kappa shape index (κ1) is 16.3. The van der Waals surface area contributed by atoms with Crippen molar-refractivity contribution in [3.05, 3.63) is 20.8 Å². The summed E-state index contributed by atoms with van der Waals surface area (Å²) in [5.74, 6) is 1.62. The second kappa shape index (κ2) is 7.32. The zero-order valence-electron chi connectivity index (χ0n) is 13.3. The Morgan fingerprint density at radius 3 is 2.86 bits per heavy atom.